The highest BCUT2D eigenvalue weighted by Crippen LogP contribution is 3.02. The molecule has 2 aliphatic rings. The summed E-state index contributed by atoms with van der Waals surface area (Å²) in [4.78, 5) is 9.43. The Bertz CT molecular complexity index is 1080. The number of hydrogen-bond acceptors (Lipinski definition) is 6. The summed E-state index contributed by atoms with van der Waals surface area (Å²) in [5.74, 6) is 0.781. The Morgan fingerprint density at radius 3 is 2.24 bits per heavy atom. The van der Waals surface area contributed by atoms with Gasteiger partial charge in [0, 0.05) is 19.3 Å². The fourth-order valence-corrected chi connectivity index (χ4v) is 5.62. The zero-order valence-corrected chi connectivity index (χ0v) is 20.2. The summed E-state index contributed by atoms with van der Waals surface area (Å²) >= 11 is 0. The van der Waals surface area contributed by atoms with Crippen molar-refractivity contribution in [2.24, 2.45) is 0 Å². The van der Waals surface area contributed by atoms with Crippen molar-refractivity contribution < 1.29 is 28.7 Å². The summed E-state index contributed by atoms with van der Waals surface area (Å²) in [6.45, 7) is 0.981. The minimum Gasteiger partial charge on any atom is -0.394 e. The highest BCUT2D eigenvalue weighted by molar-refractivity contribution is 8.45. The number of hydrogen-bond donors (Lipinski definition) is 2. The Kier molecular flexibility index (Phi) is 5.92. The van der Waals surface area contributed by atoms with E-state index in [9.17, 15) is 28.7 Å². The molecule has 0 amide bonds. The molecule has 2 fully saturated rings. The van der Waals surface area contributed by atoms with Crippen molar-refractivity contribution >= 4 is 32.8 Å². The maximum atomic E-state index is 13.0. The maximum absolute atomic E-state index is 13.0. The van der Waals surface area contributed by atoms with Gasteiger partial charge >= 0.3 is 10.2 Å². The third-order valence-electron chi connectivity index (χ3n) is 6.62. The molecule has 0 unspecified atom stereocenters. The van der Waals surface area contributed by atoms with E-state index in [-0.39, 0.29) is 12.5 Å². The number of nitrogens with zero attached hydrogens (tertiary/aromatic N) is 3. The lowest BCUT2D eigenvalue weighted by Crippen LogP contribution is -2.48. The molecule has 1 aliphatic heterocycles. The predicted molar refractivity (Wildman–Crippen MR) is 124 cm³/mol. The van der Waals surface area contributed by atoms with Gasteiger partial charge < -0.3 is 15.3 Å². The first-order valence-corrected chi connectivity index (χ1v) is 14.4. The highest BCUT2D eigenvalue weighted by Gasteiger charge is 2.65. The lowest BCUT2D eigenvalue weighted by Gasteiger charge is -2.42. The second-order valence-corrected chi connectivity index (χ2v) is 12.8. The van der Waals surface area contributed by atoms with Gasteiger partial charge in [-0.05, 0) is 55.7 Å². The van der Waals surface area contributed by atoms with Crippen LogP contribution >= 0.6 is 10.2 Å². The minimum absolute atomic E-state index is 0.0612. The lowest BCUT2D eigenvalue weighted by atomic mass is 9.77. The van der Waals surface area contributed by atoms with Crippen LogP contribution in [-0.2, 0) is 10.8 Å². The molecule has 13 heteroatoms. The molecule has 1 saturated heterocycles. The number of rotatable bonds is 7. The molecule has 2 aromatic rings. The molecule has 4 rings (SSSR count). The van der Waals surface area contributed by atoms with Gasteiger partial charge in [0.15, 0.2) is 0 Å². The van der Waals surface area contributed by atoms with Gasteiger partial charge in [0.1, 0.15) is 10.7 Å². The van der Waals surface area contributed by atoms with Crippen molar-refractivity contribution in [1.82, 2.24) is 9.97 Å². The monoisotopic (exact) mass is 526 g/mol. The van der Waals surface area contributed by atoms with Crippen LogP contribution in [0.3, 0.4) is 0 Å². The van der Waals surface area contributed by atoms with Gasteiger partial charge in [0.05, 0.1) is 34.0 Å². The number of piperidine rings is 1. The van der Waals surface area contributed by atoms with Crippen LogP contribution in [0, 0.1) is 0 Å². The fourth-order valence-electron chi connectivity index (χ4n) is 4.40. The van der Waals surface area contributed by atoms with E-state index in [1.54, 1.807) is 0 Å². The number of aliphatic hydroxyl groups is 1. The van der Waals surface area contributed by atoms with E-state index in [4.69, 9.17) is 0 Å². The number of aliphatic hydroxyl groups excluding tert-OH is 1. The number of benzene rings is 1. The zero-order valence-electron chi connectivity index (χ0n) is 18.5. The maximum Gasteiger partial charge on any atom is 0.310 e. The molecular formula is C21H27F5N4O2S2. The number of nitrogens with one attached hydrogen (secondary N) is 1. The topological polar surface area (TPSA) is 78.4 Å². The van der Waals surface area contributed by atoms with Gasteiger partial charge in [0.25, 0.3) is 0 Å². The second-order valence-electron chi connectivity index (χ2n) is 9.05. The second kappa shape index (κ2) is 8.02. The summed E-state index contributed by atoms with van der Waals surface area (Å²) in [6.07, 6.45) is 6.76. The van der Waals surface area contributed by atoms with Crippen LogP contribution in [0.25, 0.3) is 0 Å². The fraction of sp³-hybridized carbons (Fsp3) is 0.524. The molecule has 1 aromatic heterocycles. The van der Waals surface area contributed by atoms with E-state index in [0.717, 1.165) is 31.4 Å². The predicted octanol–water partition coefficient (Wildman–Crippen LogP) is 5.58. The van der Waals surface area contributed by atoms with Gasteiger partial charge in [0.2, 0.25) is 5.95 Å². The molecule has 1 aromatic carbocycles. The summed E-state index contributed by atoms with van der Waals surface area (Å²) in [6, 6.07) is 3.19. The molecule has 2 N–H and O–H groups in total. The number of halogens is 5. The van der Waals surface area contributed by atoms with Crippen LogP contribution in [0.15, 0.2) is 40.3 Å². The lowest BCUT2D eigenvalue weighted by molar-refractivity contribution is 0.143. The van der Waals surface area contributed by atoms with E-state index in [1.807, 2.05) is 4.90 Å². The van der Waals surface area contributed by atoms with Crippen LogP contribution in [0.1, 0.15) is 43.6 Å². The van der Waals surface area contributed by atoms with Gasteiger partial charge in [-0.3, -0.25) is 4.21 Å². The van der Waals surface area contributed by atoms with Gasteiger partial charge in [-0.15, -0.1) is 0 Å². The summed E-state index contributed by atoms with van der Waals surface area (Å²) < 4.78 is 77.0. The van der Waals surface area contributed by atoms with Crippen LogP contribution < -0.4 is 10.2 Å². The quantitative estimate of drug-likeness (QED) is 0.459. The SMILES string of the molecule is C[S@](=O)c1cnc(N2CCC(c3ccc(S(F)(F)(F)(F)F)cc3)CC2)nc1NC1(CO)CCC1. The first kappa shape index (κ1) is 25.1. The first-order valence-electron chi connectivity index (χ1n) is 10.9. The van der Waals surface area contributed by atoms with Crippen LogP contribution in [0.4, 0.5) is 31.2 Å². The molecule has 1 saturated carbocycles. The van der Waals surface area contributed by atoms with E-state index in [1.165, 1.54) is 12.5 Å². The van der Waals surface area contributed by atoms with Crippen molar-refractivity contribution in [3.8, 4) is 0 Å². The highest BCUT2D eigenvalue weighted by atomic mass is 32.5. The van der Waals surface area contributed by atoms with Crippen molar-refractivity contribution in [1.29, 1.82) is 0 Å². The van der Waals surface area contributed by atoms with E-state index in [2.05, 4.69) is 15.3 Å². The third kappa shape index (κ3) is 5.30. The molecule has 0 bridgehead atoms. The summed E-state index contributed by atoms with van der Waals surface area (Å²) in [7, 11) is -11.0. The van der Waals surface area contributed by atoms with Gasteiger partial charge in [-0.1, -0.05) is 31.6 Å². The summed E-state index contributed by atoms with van der Waals surface area (Å²) in [5.41, 5.74) is 0.105. The summed E-state index contributed by atoms with van der Waals surface area (Å²) in [5, 5.41) is 13.0. The van der Waals surface area contributed by atoms with Crippen molar-refractivity contribution in [3.63, 3.8) is 0 Å². The molecular weight excluding hydrogens is 499 g/mol. The van der Waals surface area contributed by atoms with E-state index >= 15 is 0 Å². The number of anilines is 2. The Balaban J connectivity index is 1.47. The molecule has 190 valence electrons. The normalized spacial score (nSPS) is 21.8. The van der Waals surface area contributed by atoms with Gasteiger partial charge in [-0.2, -0.15) is 4.98 Å². The Labute approximate surface area is 197 Å². The van der Waals surface area contributed by atoms with Crippen molar-refractivity contribution in [2.45, 2.75) is 53.4 Å². The van der Waals surface area contributed by atoms with Crippen LogP contribution in [0.5, 0.6) is 0 Å². The third-order valence-corrected chi connectivity index (χ3v) is 8.70. The average Bonchev–Trinajstić information content (AvgIpc) is 2.75. The molecule has 2 heterocycles. The average molecular weight is 527 g/mol. The molecule has 1 aliphatic carbocycles. The molecule has 6 nitrogen and oxygen atoms in total. The molecule has 34 heavy (non-hydrogen) atoms. The van der Waals surface area contributed by atoms with Crippen molar-refractivity contribution in [2.75, 3.05) is 36.2 Å². The van der Waals surface area contributed by atoms with E-state index < -0.39 is 31.5 Å². The largest absolute Gasteiger partial charge is 0.394 e. The smallest absolute Gasteiger partial charge is 0.310 e. The van der Waals surface area contributed by atoms with Crippen molar-refractivity contribution in [3.05, 3.63) is 36.0 Å². The zero-order chi connectivity index (χ0) is 24.8. The Morgan fingerprint density at radius 2 is 1.76 bits per heavy atom. The molecule has 0 spiro atoms. The van der Waals surface area contributed by atoms with Crippen LogP contribution in [-0.4, -0.2) is 50.8 Å². The Hall–Kier alpha value is -1.99. The standard InChI is InChI=1S/C21H27F5N4O2S2/c1-33(32)18-13-27-20(28-19(18)29-21(14-31)9-2-10-21)30-11-7-16(8-12-30)15-3-5-17(6-4-15)34(22,23,24,25)26/h3-6,13,16,31H,2,7-12,14H2,1H3,(H,27,28,29)/t33-/m0/s1. The van der Waals surface area contributed by atoms with Crippen LogP contribution in [0.2, 0.25) is 0 Å². The molecule has 1 atom stereocenters. The van der Waals surface area contributed by atoms with Gasteiger partial charge in [-0.25, -0.2) is 4.98 Å². The first-order chi connectivity index (χ1) is 15.7. The van der Waals surface area contributed by atoms with E-state index in [0.29, 0.717) is 60.3 Å². The number of aromatic nitrogens is 2. The Morgan fingerprint density at radius 1 is 1.15 bits per heavy atom. The molecule has 0 radical (unpaired) electrons. The minimum atomic E-state index is -9.68.